The van der Waals surface area contributed by atoms with Crippen LogP contribution in [0.25, 0.3) is 21.7 Å². The van der Waals surface area contributed by atoms with Gasteiger partial charge in [-0.05, 0) is 36.8 Å². The molecule has 0 aliphatic carbocycles. The normalized spacial score (nSPS) is 11.5. The van der Waals surface area contributed by atoms with Crippen LogP contribution in [0.1, 0.15) is 20.9 Å². The summed E-state index contributed by atoms with van der Waals surface area (Å²) in [6, 6.07) is 19.1. The zero-order valence-electron chi connectivity index (χ0n) is 16.4. The van der Waals surface area contributed by atoms with Crippen molar-refractivity contribution in [3.05, 3.63) is 94.7 Å². The quantitative estimate of drug-likeness (QED) is 0.440. The first kappa shape index (κ1) is 21.0. The molecule has 0 unspecified atom stereocenters. The van der Waals surface area contributed by atoms with E-state index in [0.29, 0.717) is 27.3 Å². The van der Waals surface area contributed by atoms with Crippen LogP contribution in [-0.4, -0.2) is 19.2 Å². The maximum absolute atomic E-state index is 13.4. The molecule has 156 valence electrons. The van der Waals surface area contributed by atoms with Crippen molar-refractivity contribution >= 4 is 27.1 Å². The zero-order chi connectivity index (χ0) is 22.2. The van der Waals surface area contributed by atoms with E-state index >= 15 is 0 Å². The van der Waals surface area contributed by atoms with Crippen LogP contribution >= 0.6 is 11.3 Å². The van der Waals surface area contributed by atoms with Crippen molar-refractivity contribution in [1.29, 1.82) is 0 Å². The van der Waals surface area contributed by atoms with Crippen LogP contribution < -0.4 is 5.14 Å². The molecule has 3 aromatic carbocycles. The lowest BCUT2D eigenvalue weighted by atomic mass is 10.1. The molecule has 4 aromatic rings. The number of primary sulfonamides is 1. The maximum atomic E-state index is 13.4. The Labute approximate surface area is 183 Å². The number of thiazole rings is 1. The van der Waals surface area contributed by atoms with Crippen LogP contribution in [0.3, 0.4) is 0 Å². The molecule has 0 aliphatic heterocycles. The van der Waals surface area contributed by atoms with Crippen molar-refractivity contribution in [2.24, 2.45) is 5.14 Å². The first-order valence-electron chi connectivity index (χ1n) is 9.24. The summed E-state index contributed by atoms with van der Waals surface area (Å²) in [7, 11) is -3.83. The highest BCUT2D eigenvalue weighted by molar-refractivity contribution is 7.89. The Bertz CT molecular complexity index is 1360. The van der Waals surface area contributed by atoms with Crippen LogP contribution in [0.4, 0.5) is 4.39 Å². The summed E-state index contributed by atoms with van der Waals surface area (Å²) in [5.74, 6) is -0.593. The van der Waals surface area contributed by atoms with Gasteiger partial charge in [0, 0.05) is 11.1 Å². The Morgan fingerprint density at radius 3 is 2.06 bits per heavy atom. The fourth-order valence-electron chi connectivity index (χ4n) is 3.04. The largest absolute Gasteiger partial charge is 0.286 e. The number of sulfonamides is 1. The second-order valence-electron chi connectivity index (χ2n) is 6.97. The lowest BCUT2D eigenvalue weighted by Gasteiger charge is -2.04. The molecule has 8 heteroatoms. The van der Waals surface area contributed by atoms with Gasteiger partial charge in [0.15, 0.2) is 5.01 Å². The number of benzene rings is 3. The third kappa shape index (κ3) is 4.46. The molecule has 0 aliphatic rings. The highest BCUT2D eigenvalue weighted by Crippen LogP contribution is 2.38. The molecule has 31 heavy (non-hydrogen) atoms. The molecule has 1 heterocycles. The number of hydrogen-bond acceptors (Lipinski definition) is 5. The van der Waals surface area contributed by atoms with Crippen molar-refractivity contribution in [2.75, 3.05) is 0 Å². The minimum absolute atomic E-state index is 0.0224. The van der Waals surface area contributed by atoms with Crippen molar-refractivity contribution in [2.45, 2.75) is 11.8 Å². The van der Waals surface area contributed by atoms with Crippen LogP contribution in [0, 0.1) is 12.7 Å². The van der Waals surface area contributed by atoms with E-state index in [0.717, 1.165) is 5.56 Å². The summed E-state index contributed by atoms with van der Waals surface area (Å²) in [6.45, 7) is 1.94. The van der Waals surface area contributed by atoms with Crippen LogP contribution in [0.5, 0.6) is 0 Å². The van der Waals surface area contributed by atoms with Crippen LogP contribution in [0.2, 0.25) is 0 Å². The molecule has 5 nitrogen and oxygen atoms in total. The molecule has 0 atom stereocenters. The average molecular weight is 453 g/mol. The van der Waals surface area contributed by atoms with E-state index < -0.39 is 10.0 Å². The summed E-state index contributed by atoms with van der Waals surface area (Å²) in [6.07, 6.45) is 0. The van der Waals surface area contributed by atoms with Gasteiger partial charge < -0.3 is 0 Å². The highest BCUT2D eigenvalue weighted by atomic mass is 32.2. The lowest BCUT2D eigenvalue weighted by Crippen LogP contribution is -2.11. The summed E-state index contributed by atoms with van der Waals surface area (Å²) < 4.78 is 36.6. The number of nitrogens with zero attached hydrogens (tertiary/aromatic N) is 1. The number of aryl methyl sites for hydroxylation is 1. The Balaban J connectivity index is 1.83. The maximum Gasteiger partial charge on any atom is 0.238 e. The molecule has 4 rings (SSSR count). The van der Waals surface area contributed by atoms with Gasteiger partial charge in [-0.3, -0.25) is 4.79 Å². The third-order valence-corrected chi connectivity index (χ3v) is 6.73. The van der Waals surface area contributed by atoms with Gasteiger partial charge in [0.05, 0.1) is 15.5 Å². The van der Waals surface area contributed by atoms with Gasteiger partial charge in [0.2, 0.25) is 15.8 Å². The summed E-state index contributed by atoms with van der Waals surface area (Å²) in [5.41, 5.74) is 3.38. The van der Waals surface area contributed by atoms with E-state index in [4.69, 9.17) is 5.14 Å². The Kier molecular flexibility index (Phi) is 5.53. The Morgan fingerprint density at radius 2 is 1.48 bits per heavy atom. The second kappa shape index (κ2) is 8.14. The summed E-state index contributed by atoms with van der Waals surface area (Å²) in [4.78, 5) is 18.2. The number of aromatic nitrogens is 1. The van der Waals surface area contributed by atoms with Gasteiger partial charge in [-0.1, -0.05) is 54.1 Å². The van der Waals surface area contributed by atoms with Crippen molar-refractivity contribution in [1.82, 2.24) is 4.98 Å². The van der Waals surface area contributed by atoms with E-state index in [2.05, 4.69) is 4.98 Å². The number of halogens is 1. The Hall–Kier alpha value is -3.20. The number of nitrogens with two attached hydrogens (primary N) is 1. The standard InChI is InChI=1S/C23H17FN2O3S2/c1-14-2-4-16(5-3-14)21(27)23-26-20(15-8-12-19(13-9-15)31(25,28)29)22(30-23)17-6-10-18(24)11-7-17/h2-13H,1H3,(H2,25,28,29). The SMILES string of the molecule is Cc1ccc(C(=O)c2nc(-c3ccc(S(N)(=O)=O)cc3)c(-c3ccc(F)cc3)s2)cc1. The fourth-order valence-corrected chi connectivity index (χ4v) is 4.61. The lowest BCUT2D eigenvalue weighted by molar-refractivity contribution is 0.103. The number of carbonyl (C=O) groups excluding carboxylic acids is 1. The van der Waals surface area contributed by atoms with Crippen molar-refractivity contribution in [3.8, 4) is 21.7 Å². The average Bonchev–Trinajstić information content (AvgIpc) is 3.19. The van der Waals surface area contributed by atoms with E-state index in [1.165, 1.54) is 35.6 Å². The molecular formula is C23H17FN2O3S2. The molecule has 0 radical (unpaired) electrons. The molecule has 0 saturated heterocycles. The van der Waals surface area contributed by atoms with E-state index in [9.17, 15) is 17.6 Å². The molecule has 2 N–H and O–H groups in total. The second-order valence-corrected chi connectivity index (χ2v) is 9.53. The topological polar surface area (TPSA) is 90.1 Å². The predicted molar refractivity (Wildman–Crippen MR) is 119 cm³/mol. The van der Waals surface area contributed by atoms with Gasteiger partial charge in [-0.15, -0.1) is 11.3 Å². The number of hydrogen-bond donors (Lipinski definition) is 1. The van der Waals surface area contributed by atoms with Gasteiger partial charge in [-0.25, -0.2) is 22.9 Å². The van der Waals surface area contributed by atoms with Crippen LogP contribution in [0.15, 0.2) is 77.7 Å². The monoisotopic (exact) mass is 452 g/mol. The van der Waals surface area contributed by atoms with Gasteiger partial charge in [0.1, 0.15) is 5.82 Å². The van der Waals surface area contributed by atoms with Gasteiger partial charge in [0.25, 0.3) is 0 Å². The molecule has 0 fully saturated rings. The number of carbonyl (C=O) groups is 1. The summed E-state index contributed by atoms with van der Waals surface area (Å²) in [5, 5.41) is 5.46. The van der Waals surface area contributed by atoms with E-state index in [1.807, 2.05) is 19.1 Å². The third-order valence-electron chi connectivity index (χ3n) is 4.70. The zero-order valence-corrected chi connectivity index (χ0v) is 18.0. The fraction of sp³-hybridized carbons (Fsp3) is 0.0435. The van der Waals surface area contributed by atoms with E-state index in [-0.39, 0.29) is 21.5 Å². The Morgan fingerprint density at radius 1 is 0.903 bits per heavy atom. The predicted octanol–water partition coefficient (Wildman–Crippen LogP) is 4.80. The highest BCUT2D eigenvalue weighted by Gasteiger charge is 2.21. The minimum atomic E-state index is -3.83. The van der Waals surface area contributed by atoms with Crippen molar-refractivity contribution in [3.63, 3.8) is 0 Å². The molecule has 0 spiro atoms. The molecule has 0 saturated carbocycles. The molecule has 0 amide bonds. The first-order chi connectivity index (χ1) is 14.7. The molecule has 0 bridgehead atoms. The first-order valence-corrected chi connectivity index (χ1v) is 11.6. The smallest absolute Gasteiger partial charge is 0.238 e. The summed E-state index contributed by atoms with van der Waals surface area (Å²) >= 11 is 1.20. The molecule has 1 aromatic heterocycles. The van der Waals surface area contributed by atoms with Gasteiger partial charge in [-0.2, -0.15) is 0 Å². The van der Waals surface area contributed by atoms with E-state index in [1.54, 1.807) is 36.4 Å². The number of rotatable bonds is 5. The molecular weight excluding hydrogens is 435 g/mol. The van der Waals surface area contributed by atoms with Crippen molar-refractivity contribution < 1.29 is 17.6 Å². The number of ketones is 1. The van der Waals surface area contributed by atoms with Crippen LogP contribution in [-0.2, 0) is 10.0 Å². The van der Waals surface area contributed by atoms with Gasteiger partial charge >= 0.3 is 0 Å². The minimum Gasteiger partial charge on any atom is -0.286 e.